The van der Waals surface area contributed by atoms with Crippen LogP contribution in [0.2, 0.25) is 0 Å². The summed E-state index contributed by atoms with van der Waals surface area (Å²) in [6, 6.07) is 25.2. The number of fused-ring (bicyclic) bond motifs is 1. The lowest BCUT2D eigenvalue weighted by atomic mass is 9.98. The molecule has 0 spiro atoms. The number of hydrogen-bond donors (Lipinski definition) is 1. The van der Waals surface area contributed by atoms with Crippen molar-refractivity contribution < 1.29 is 4.57 Å². The van der Waals surface area contributed by atoms with E-state index in [0.717, 1.165) is 31.5 Å². The summed E-state index contributed by atoms with van der Waals surface area (Å²) in [5, 5.41) is 1.69. The topological polar surface area (TPSA) is 43.1 Å². The highest BCUT2D eigenvalue weighted by Gasteiger charge is 2.41. The number of nitrogens with two attached hydrogens (primary N) is 1. The Morgan fingerprint density at radius 2 is 1.33 bits per heavy atom. The van der Waals surface area contributed by atoms with Gasteiger partial charge in [-0.2, -0.15) is 0 Å². The van der Waals surface area contributed by atoms with Crippen LogP contribution in [-0.4, -0.2) is 0 Å². The monoisotopic (exact) mass is 395 g/mol. The maximum Gasteiger partial charge on any atom is 0.178 e. The third-order valence-corrected chi connectivity index (χ3v) is 9.11. The number of halogens is 1. The molecule has 0 saturated carbocycles. The minimum atomic E-state index is -2.90. The van der Waals surface area contributed by atoms with Crippen molar-refractivity contribution in [3.63, 3.8) is 0 Å². The van der Waals surface area contributed by atoms with E-state index < -0.39 is 7.14 Å². The van der Waals surface area contributed by atoms with Crippen molar-refractivity contribution in [3.8, 4) is 0 Å². The van der Waals surface area contributed by atoms with Gasteiger partial charge in [0.2, 0.25) is 0 Å². The highest BCUT2D eigenvalue weighted by atomic mass is 79.9. The molecule has 4 rings (SSSR count). The van der Waals surface area contributed by atoms with Crippen molar-refractivity contribution in [2.75, 3.05) is 5.73 Å². The van der Waals surface area contributed by atoms with Crippen LogP contribution in [0.4, 0.5) is 5.69 Å². The van der Waals surface area contributed by atoms with Gasteiger partial charge in [-0.15, -0.1) is 0 Å². The van der Waals surface area contributed by atoms with Crippen LogP contribution in [0, 0.1) is 0 Å². The Labute approximate surface area is 149 Å². The normalized spacial score (nSPS) is 19.4. The Hall–Kier alpha value is -2.09. The smallest absolute Gasteiger partial charge is 0.178 e. The van der Waals surface area contributed by atoms with E-state index in [9.17, 15) is 4.57 Å². The molecule has 0 saturated heterocycles. The van der Waals surface area contributed by atoms with Gasteiger partial charge < -0.3 is 10.3 Å². The van der Waals surface area contributed by atoms with Crippen LogP contribution in [0.5, 0.6) is 0 Å². The average molecular weight is 396 g/mol. The molecule has 1 aliphatic rings. The molecule has 3 aromatic rings. The van der Waals surface area contributed by atoms with Gasteiger partial charge in [0.1, 0.15) is 0 Å². The van der Waals surface area contributed by atoms with Crippen molar-refractivity contribution in [3.05, 3.63) is 94.2 Å². The van der Waals surface area contributed by atoms with Crippen molar-refractivity contribution in [1.82, 2.24) is 0 Å². The van der Waals surface area contributed by atoms with E-state index in [1.165, 1.54) is 0 Å². The van der Waals surface area contributed by atoms with Crippen LogP contribution in [0.3, 0.4) is 0 Å². The zero-order valence-electron chi connectivity index (χ0n) is 12.8. The number of nitrogen functional groups attached to an aromatic ring is 1. The van der Waals surface area contributed by atoms with Crippen molar-refractivity contribution >= 4 is 44.9 Å². The molecular weight excluding hydrogens is 381 g/mol. The number of anilines is 1. The molecule has 4 heteroatoms. The lowest BCUT2D eigenvalue weighted by molar-refractivity contribution is 0.592. The zero-order chi connectivity index (χ0) is 16.7. The van der Waals surface area contributed by atoms with E-state index in [0.29, 0.717) is 5.69 Å². The van der Waals surface area contributed by atoms with Gasteiger partial charge in [-0.1, -0.05) is 72.8 Å². The Morgan fingerprint density at radius 3 is 2.04 bits per heavy atom. The van der Waals surface area contributed by atoms with E-state index in [2.05, 4.69) is 15.9 Å². The second-order valence-corrected chi connectivity index (χ2v) is 9.78. The lowest BCUT2D eigenvalue weighted by Gasteiger charge is -2.15. The summed E-state index contributed by atoms with van der Waals surface area (Å²) in [5.41, 5.74) is 9.70. The van der Waals surface area contributed by atoms with Gasteiger partial charge in [0, 0.05) is 27.4 Å². The number of para-hydroxylation sites is 1. The Balaban J connectivity index is 2.08. The van der Waals surface area contributed by atoms with Crippen LogP contribution in [-0.2, 0) is 4.57 Å². The molecule has 2 nitrogen and oxygen atoms in total. The summed E-state index contributed by atoms with van der Waals surface area (Å²) in [6.07, 6.45) is 0. The van der Waals surface area contributed by atoms with Crippen LogP contribution < -0.4 is 16.3 Å². The summed E-state index contributed by atoms with van der Waals surface area (Å²) in [7, 11) is -2.90. The van der Waals surface area contributed by atoms with Crippen LogP contribution in [0.15, 0.2) is 83.1 Å². The summed E-state index contributed by atoms with van der Waals surface area (Å²) in [5.74, 6) is 0. The first-order chi connectivity index (χ1) is 11.6. The molecule has 24 heavy (non-hydrogen) atoms. The van der Waals surface area contributed by atoms with Crippen molar-refractivity contribution in [1.29, 1.82) is 0 Å². The molecule has 0 fully saturated rings. The predicted molar refractivity (Wildman–Crippen MR) is 106 cm³/mol. The average Bonchev–Trinajstić information content (AvgIpc) is 2.86. The molecule has 3 aromatic carbocycles. The summed E-state index contributed by atoms with van der Waals surface area (Å²) in [4.78, 5) is 0. The molecule has 1 aliphatic heterocycles. The van der Waals surface area contributed by atoms with Gasteiger partial charge in [-0.25, -0.2) is 0 Å². The maximum absolute atomic E-state index is 14.1. The molecular formula is C20H15BrNOP. The molecule has 118 valence electrons. The molecule has 1 heterocycles. The molecule has 0 amide bonds. The Morgan fingerprint density at radius 1 is 0.750 bits per heavy atom. The molecule has 1 unspecified atom stereocenters. The fourth-order valence-corrected chi connectivity index (χ4v) is 7.51. The zero-order valence-corrected chi connectivity index (χ0v) is 15.3. The molecule has 0 bridgehead atoms. The number of rotatable bonds is 2. The Kier molecular flexibility index (Phi) is 3.71. The third kappa shape index (κ3) is 2.12. The standard InChI is InChI=1S/C20H15BrNOP/c21-20-19(15-10-4-6-12-17(15)22)16-11-5-7-13-18(16)24(20,23)14-8-2-1-3-9-14/h1-13H,22H2. The molecule has 0 radical (unpaired) electrons. The first-order valence-electron chi connectivity index (χ1n) is 7.65. The summed E-state index contributed by atoms with van der Waals surface area (Å²) in [6.45, 7) is 0. The molecule has 1 atom stereocenters. The molecule has 0 aromatic heterocycles. The third-order valence-electron chi connectivity index (χ3n) is 4.35. The maximum atomic E-state index is 14.1. The van der Waals surface area contributed by atoms with Crippen LogP contribution >= 0.6 is 23.1 Å². The van der Waals surface area contributed by atoms with Gasteiger partial charge in [0.25, 0.3) is 0 Å². The lowest BCUT2D eigenvalue weighted by Crippen LogP contribution is -2.14. The summed E-state index contributed by atoms with van der Waals surface area (Å²) < 4.78 is 14.8. The minimum Gasteiger partial charge on any atom is -0.398 e. The van der Waals surface area contributed by atoms with Crippen LogP contribution in [0.25, 0.3) is 5.57 Å². The fraction of sp³-hybridized carbons (Fsp3) is 0. The van der Waals surface area contributed by atoms with E-state index in [1.54, 1.807) is 0 Å². The summed E-state index contributed by atoms with van der Waals surface area (Å²) >= 11 is 3.68. The van der Waals surface area contributed by atoms with Gasteiger partial charge in [-0.3, -0.25) is 0 Å². The van der Waals surface area contributed by atoms with E-state index in [1.807, 2.05) is 78.9 Å². The van der Waals surface area contributed by atoms with E-state index in [4.69, 9.17) is 5.73 Å². The number of benzene rings is 3. The largest absolute Gasteiger partial charge is 0.398 e. The SMILES string of the molecule is Nc1ccccc1C1=C(Br)P(=O)(c2ccccc2)c2ccccc21. The highest BCUT2D eigenvalue weighted by molar-refractivity contribution is 9.13. The van der Waals surface area contributed by atoms with E-state index in [-0.39, 0.29) is 0 Å². The van der Waals surface area contributed by atoms with Crippen LogP contribution in [0.1, 0.15) is 11.1 Å². The predicted octanol–water partition coefficient (Wildman–Crippen LogP) is 4.71. The number of hydrogen-bond acceptors (Lipinski definition) is 2. The van der Waals surface area contributed by atoms with Crippen molar-refractivity contribution in [2.45, 2.75) is 0 Å². The first-order valence-corrected chi connectivity index (χ1v) is 10.1. The Bertz CT molecular complexity index is 1010. The molecule has 0 aliphatic carbocycles. The highest BCUT2D eigenvalue weighted by Crippen LogP contribution is 2.63. The van der Waals surface area contributed by atoms with E-state index >= 15 is 0 Å². The second-order valence-electron chi connectivity index (χ2n) is 5.72. The van der Waals surface area contributed by atoms with Gasteiger partial charge in [0.15, 0.2) is 7.14 Å². The van der Waals surface area contributed by atoms with Gasteiger partial charge >= 0.3 is 0 Å². The van der Waals surface area contributed by atoms with Crippen molar-refractivity contribution in [2.24, 2.45) is 0 Å². The minimum absolute atomic E-state index is 0.681. The van der Waals surface area contributed by atoms with Gasteiger partial charge in [0.05, 0.1) is 4.22 Å². The molecule has 2 N–H and O–H groups in total. The first kappa shape index (κ1) is 15.4. The van der Waals surface area contributed by atoms with Gasteiger partial charge in [-0.05, 0) is 27.6 Å². The fourth-order valence-electron chi connectivity index (χ4n) is 3.21. The quantitative estimate of drug-likeness (QED) is 0.504. The second kappa shape index (κ2) is 5.77.